The Labute approximate surface area is 121 Å². The van der Waals surface area contributed by atoms with Crippen LogP contribution in [0.2, 0.25) is 0 Å². The minimum absolute atomic E-state index is 0.180. The number of likely N-dealkylation sites (tertiary alicyclic amines) is 1. The van der Waals surface area contributed by atoms with Gasteiger partial charge in [-0.1, -0.05) is 0 Å². The van der Waals surface area contributed by atoms with Gasteiger partial charge in [0.25, 0.3) is 5.91 Å². The fourth-order valence-corrected chi connectivity index (χ4v) is 2.45. The number of halogens is 2. The van der Waals surface area contributed by atoms with Crippen LogP contribution in [0.5, 0.6) is 0 Å². The maximum atomic E-state index is 13.7. The zero-order valence-corrected chi connectivity index (χ0v) is 11.8. The number of ether oxygens (including phenoxy) is 1. The molecule has 21 heavy (non-hydrogen) atoms. The molecule has 2 rings (SSSR count). The first kappa shape index (κ1) is 15.4. The Bertz CT molecular complexity index is 548. The van der Waals surface area contributed by atoms with E-state index in [9.17, 15) is 18.4 Å². The largest absolute Gasteiger partial charge is 0.466 e. The lowest BCUT2D eigenvalue weighted by atomic mass is 9.97. The lowest BCUT2D eigenvalue weighted by Gasteiger charge is -2.31. The first-order valence-corrected chi connectivity index (χ1v) is 6.94. The van der Waals surface area contributed by atoms with Crippen LogP contribution in [0.25, 0.3) is 0 Å². The van der Waals surface area contributed by atoms with Gasteiger partial charge in [-0.2, -0.15) is 0 Å². The van der Waals surface area contributed by atoms with Crippen LogP contribution in [0.15, 0.2) is 18.2 Å². The number of carbonyl (C=O) groups is 2. The predicted octanol–water partition coefficient (Wildman–Crippen LogP) is 2.38. The van der Waals surface area contributed by atoms with Crippen molar-refractivity contribution in [3.05, 3.63) is 35.4 Å². The standard InChI is InChI=1S/C15H17F2NO3/c1-2-21-15(20)10-4-3-7-18(9-10)14(19)12-6-5-11(16)8-13(12)17/h5-6,8,10H,2-4,7,9H2,1H3. The highest BCUT2D eigenvalue weighted by Crippen LogP contribution is 2.21. The smallest absolute Gasteiger partial charge is 0.310 e. The summed E-state index contributed by atoms with van der Waals surface area (Å²) in [5.41, 5.74) is -0.180. The third-order valence-corrected chi connectivity index (χ3v) is 3.49. The fourth-order valence-electron chi connectivity index (χ4n) is 2.45. The molecule has 1 amide bonds. The third kappa shape index (κ3) is 3.56. The van der Waals surface area contributed by atoms with Crippen molar-refractivity contribution in [1.29, 1.82) is 0 Å². The van der Waals surface area contributed by atoms with Crippen LogP contribution in [-0.2, 0) is 9.53 Å². The second-order valence-electron chi connectivity index (χ2n) is 4.97. The molecule has 1 aliphatic rings. The molecule has 4 nitrogen and oxygen atoms in total. The number of piperidine rings is 1. The van der Waals surface area contributed by atoms with E-state index in [-0.39, 0.29) is 30.6 Å². The highest BCUT2D eigenvalue weighted by Gasteiger charge is 2.30. The molecule has 0 N–H and O–H groups in total. The van der Waals surface area contributed by atoms with Crippen LogP contribution in [0.1, 0.15) is 30.1 Å². The van der Waals surface area contributed by atoms with Gasteiger partial charge in [-0.05, 0) is 31.9 Å². The molecule has 1 aromatic rings. The predicted molar refractivity (Wildman–Crippen MR) is 71.6 cm³/mol. The Morgan fingerprint density at radius 1 is 1.38 bits per heavy atom. The summed E-state index contributed by atoms with van der Waals surface area (Å²) in [6.07, 6.45) is 1.30. The van der Waals surface area contributed by atoms with Crippen molar-refractivity contribution in [3.63, 3.8) is 0 Å². The van der Waals surface area contributed by atoms with Gasteiger partial charge in [-0.3, -0.25) is 9.59 Å². The molecule has 1 heterocycles. The Morgan fingerprint density at radius 3 is 2.81 bits per heavy atom. The first-order valence-electron chi connectivity index (χ1n) is 6.94. The summed E-state index contributed by atoms with van der Waals surface area (Å²) in [4.78, 5) is 25.4. The molecule has 0 aromatic heterocycles. The highest BCUT2D eigenvalue weighted by molar-refractivity contribution is 5.94. The fraction of sp³-hybridized carbons (Fsp3) is 0.467. The molecule has 1 atom stereocenters. The number of esters is 1. The summed E-state index contributed by atoms with van der Waals surface area (Å²) in [6, 6.07) is 2.85. The van der Waals surface area contributed by atoms with Crippen LogP contribution in [0, 0.1) is 17.6 Å². The van der Waals surface area contributed by atoms with Crippen molar-refractivity contribution in [2.24, 2.45) is 5.92 Å². The van der Waals surface area contributed by atoms with E-state index in [0.717, 1.165) is 12.1 Å². The highest BCUT2D eigenvalue weighted by atomic mass is 19.1. The van der Waals surface area contributed by atoms with Gasteiger partial charge in [0.15, 0.2) is 0 Å². The van der Waals surface area contributed by atoms with E-state index in [4.69, 9.17) is 4.74 Å². The topological polar surface area (TPSA) is 46.6 Å². The van der Waals surface area contributed by atoms with Crippen molar-refractivity contribution >= 4 is 11.9 Å². The number of hydrogen-bond donors (Lipinski definition) is 0. The van der Waals surface area contributed by atoms with E-state index >= 15 is 0 Å². The molecule has 114 valence electrons. The summed E-state index contributed by atoms with van der Waals surface area (Å²) in [6.45, 7) is 2.66. The summed E-state index contributed by atoms with van der Waals surface area (Å²) in [5.74, 6) is -2.87. The molecule has 6 heteroatoms. The van der Waals surface area contributed by atoms with Crippen molar-refractivity contribution in [3.8, 4) is 0 Å². The summed E-state index contributed by atoms with van der Waals surface area (Å²) in [7, 11) is 0. The van der Waals surface area contributed by atoms with E-state index < -0.39 is 17.5 Å². The van der Waals surface area contributed by atoms with Crippen molar-refractivity contribution in [1.82, 2.24) is 4.90 Å². The van der Waals surface area contributed by atoms with Gasteiger partial charge in [0.1, 0.15) is 11.6 Å². The Hall–Kier alpha value is -1.98. The van der Waals surface area contributed by atoms with Gasteiger partial charge >= 0.3 is 5.97 Å². The average Bonchev–Trinajstić information content (AvgIpc) is 2.47. The lowest BCUT2D eigenvalue weighted by Crippen LogP contribution is -2.43. The van der Waals surface area contributed by atoms with Gasteiger partial charge in [0.05, 0.1) is 18.1 Å². The van der Waals surface area contributed by atoms with E-state index in [1.807, 2.05) is 0 Å². The molecule has 1 unspecified atom stereocenters. The molecule has 0 saturated carbocycles. The number of benzene rings is 1. The Balaban J connectivity index is 2.10. The van der Waals surface area contributed by atoms with Crippen LogP contribution in [0.3, 0.4) is 0 Å². The molecule has 0 bridgehead atoms. The Morgan fingerprint density at radius 2 is 2.14 bits per heavy atom. The minimum atomic E-state index is -0.891. The molecular weight excluding hydrogens is 280 g/mol. The van der Waals surface area contributed by atoms with Gasteiger partial charge in [-0.25, -0.2) is 8.78 Å². The second-order valence-corrected chi connectivity index (χ2v) is 4.97. The van der Waals surface area contributed by atoms with Crippen LogP contribution >= 0.6 is 0 Å². The normalized spacial score (nSPS) is 18.4. The maximum absolute atomic E-state index is 13.7. The molecule has 1 aromatic carbocycles. The SMILES string of the molecule is CCOC(=O)C1CCCN(C(=O)c2ccc(F)cc2F)C1. The van der Waals surface area contributed by atoms with Crippen LogP contribution < -0.4 is 0 Å². The van der Waals surface area contributed by atoms with Crippen LogP contribution in [-0.4, -0.2) is 36.5 Å². The van der Waals surface area contributed by atoms with Crippen LogP contribution in [0.4, 0.5) is 8.78 Å². The molecule has 0 radical (unpaired) electrons. The van der Waals surface area contributed by atoms with Gasteiger partial charge in [-0.15, -0.1) is 0 Å². The summed E-state index contributed by atoms with van der Waals surface area (Å²) >= 11 is 0. The van der Waals surface area contributed by atoms with E-state index in [2.05, 4.69) is 0 Å². The number of rotatable bonds is 3. The zero-order valence-electron chi connectivity index (χ0n) is 11.8. The third-order valence-electron chi connectivity index (χ3n) is 3.49. The second kappa shape index (κ2) is 6.65. The van der Waals surface area contributed by atoms with E-state index in [0.29, 0.717) is 25.5 Å². The number of carbonyl (C=O) groups excluding carboxylic acids is 2. The first-order chi connectivity index (χ1) is 10.0. The molecule has 0 aliphatic carbocycles. The Kier molecular flexibility index (Phi) is 4.88. The van der Waals surface area contributed by atoms with E-state index in [1.165, 1.54) is 4.90 Å². The van der Waals surface area contributed by atoms with Crippen molar-refractivity contribution in [2.45, 2.75) is 19.8 Å². The van der Waals surface area contributed by atoms with Crippen molar-refractivity contribution < 1.29 is 23.1 Å². The molecule has 1 saturated heterocycles. The summed E-state index contributed by atoms with van der Waals surface area (Å²) < 4.78 is 31.5. The van der Waals surface area contributed by atoms with E-state index in [1.54, 1.807) is 6.92 Å². The molecule has 1 aliphatic heterocycles. The molecule has 0 spiro atoms. The zero-order chi connectivity index (χ0) is 15.4. The molecule has 1 fully saturated rings. The van der Waals surface area contributed by atoms with Gasteiger partial charge in [0.2, 0.25) is 0 Å². The number of nitrogens with zero attached hydrogens (tertiary/aromatic N) is 1. The quantitative estimate of drug-likeness (QED) is 0.805. The molecular formula is C15H17F2NO3. The number of hydrogen-bond acceptors (Lipinski definition) is 3. The number of amides is 1. The summed E-state index contributed by atoms with van der Waals surface area (Å²) in [5, 5.41) is 0. The monoisotopic (exact) mass is 297 g/mol. The lowest BCUT2D eigenvalue weighted by molar-refractivity contribution is -0.149. The van der Waals surface area contributed by atoms with Gasteiger partial charge < -0.3 is 9.64 Å². The maximum Gasteiger partial charge on any atom is 0.310 e. The van der Waals surface area contributed by atoms with Crippen molar-refractivity contribution in [2.75, 3.05) is 19.7 Å². The minimum Gasteiger partial charge on any atom is -0.466 e. The van der Waals surface area contributed by atoms with Gasteiger partial charge in [0, 0.05) is 19.2 Å². The average molecular weight is 297 g/mol.